The van der Waals surface area contributed by atoms with Crippen molar-refractivity contribution in [3.63, 3.8) is 0 Å². The van der Waals surface area contributed by atoms with Gasteiger partial charge >= 0.3 is 0 Å². The Labute approximate surface area is 197 Å². The standard InChI is InChI=1S/C30H25NOS/c1-18-22-10-7-8-12-26(22)33-29(18)25-17-20-13-14-31-27(28(20)32-25)21-15-19-9-5-6-11-23(19)24(16-21)30(2,3)4/h5-17H,1-4H3. The molecule has 0 amide bonds. The van der Waals surface area contributed by atoms with E-state index in [1.54, 1.807) is 11.3 Å². The van der Waals surface area contributed by atoms with Crippen molar-refractivity contribution in [1.82, 2.24) is 4.98 Å². The van der Waals surface area contributed by atoms with Gasteiger partial charge in [-0.1, -0.05) is 63.2 Å². The number of pyridine rings is 1. The van der Waals surface area contributed by atoms with Gasteiger partial charge in [-0.3, -0.25) is 4.98 Å². The second-order valence-corrected chi connectivity index (χ2v) is 10.8. The van der Waals surface area contributed by atoms with E-state index in [4.69, 9.17) is 9.40 Å². The van der Waals surface area contributed by atoms with E-state index in [-0.39, 0.29) is 5.41 Å². The zero-order chi connectivity index (χ0) is 22.7. The molecule has 2 nitrogen and oxygen atoms in total. The zero-order valence-electron chi connectivity index (χ0n) is 19.3. The molecule has 0 saturated carbocycles. The molecule has 3 aromatic carbocycles. The molecule has 3 heterocycles. The number of fused-ring (bicyclic) bond motifs is 3. The van der Waals surface area contributed by atoms with Crippen LogP contribution in [0.1, 0.15) is 31.9 Å². The third-order valence-corrected chi connectivity index (χ3v) is 7.73. The lowest BCUT2D eigenvalue weighted by Gasteiger charge is -2.22. The number of benzene rings is 3. The molecular weight excluding hydrogens is 422 g/mol. The number of rotatable bonds is 2. The van der Waals surface area contributed by atoms with Crippen LogP contribution in [-0.2, 0) is 5.41 Å². The largest absolute Gasteiger partial charge is 0.453 e. The average molecular weight is 448 g/mol. The van der Waals surface area contributed by atoms with Crippen molar-refractivity contribution in [1.29, 1.82) is 0 Å². The number of furan rings is 1. The van der Waals surface area contributed by atoms with Crippen molar-refractivity contribution < 1.29 is 4.42 Å². The minimum atomic E-state index is 0.0199. The van der Waals surface area contributed by atoms with Crippen LogP contribution in [0.2, 0.25) is 0 Å². The van der Waals surface area contributed by atoms with E-state index < -0.39 is 0 Å². The topological polar surface area (TPSA) is 26.0 Å². The fourth-order valence-corrected chi connectivity index (χ4v) is 5.92. The van der Waals surface area contributed by atoms with E-state index in [1.807, 2.05) is 12.3 Å². The maximum Gasteiger partial charge on any atom is 0.161 e. The molecule has 33 heavy (non-hydrogen) atoms. The van der Waals surface area contributed by atoms with Gasteiger partial charge in [-0.2, -0.15) is 0 Å². The van der Waals surface area contributed by atoms with Crippen molar-refractivity contribution in [2.24, 2.45) is 0 Å². The van der Waals surface area contributed by atoms with Crippen molar-refractivity contribution >= 4 is 43.2 Å². The molecule has 0 aliphatic rings. The first-order chi connectivity index (χ1) is 15.9. The van der Waals surface area contributed by atoms with Crippen molar-refractivity contribution in [2.45, 2.75) is 33.1 Å². The van der Waals surface area contributed by atoms with Crippen LogP contribution >= 0.6 is 11.3 Å². The summed E-state index contributed by atoms with van der Waals surface area (Å²) in [4.78, 5) is 5.98. The number of hydrogen-bond acceptors (Lipinski definition) is 3. The number of thiophene rings is 1. The lowest BCUT2D eigenvalue weighted by molar-refractivity contribution is 0.596. The van der Waals surface area contributed by atoms with Gasteiger partial charge in [0.2, 0.25) is 0 Å². The highest BCUT2D eigenvalue weighted by molar-refractivity contribution is 7.22. The molecule has 0 bridgehead atoms. The molecule has 0 aliphatic carbocycles. The Morgan fingerprint density at radius 1 is 0.818 bits per heavy atom. The van der Waals surface area contributed by atoms with Gasteiger partial charge in [0.25, 0.3) is 0 Å². The Balaban J connectivity index is 1.58. The molecule has 0 fully saturated rings. The molecule has 3 aromatic heterocycles. The van der Waals surface area contributed by atoms with Gasteiger partial charge in [-0.15, -0.1) is 11.3 Å². The number of aryl methyl sites for hydroxylation is 1. The van der Waals surface area contributed by atoms with Gasteiger partial charge in [0, 0.05) is 21.8 Å². The third-order valence-electron chi connectivity index (χ3n) is 6.44. The summed E-state index contributed by atoms with van der Waals surface area (Å²) < 4.78 is 7.82. The first kappa shape index (κ1) is 20.2. The highest BCUT2D eigenvalue weighted by Crippen LogP contribution is 2.42. The highest BCUT2D eigenvalue weighted by Gasteiger charge is 2.21. The lowest BCUT2D eigenvalue weighted by Crippen LogP contribution is -2.12. The van der Waals surface area contributed by atoms with Gasteiger partial charge in [-0.25, -0.2) is 0 Å². The first-order valence-corrected chi connectivity index (χ1v) is 12.1. The molecule has 0 saturated heterocycles. The maximum atomic E-state index is 6.54. The molecule has 0 aliphatic heterocycles. The second-order valence-electron chi connectivity index (χ2n) is 9.74. The Morgan fingerprint density at radius 2 is 1.58 bits per heavy atom. The van der Waals surface area contributed by atoms with E-state index in [1.165, 1.54) is 36.9 Å². The van der Waals surface area contributed by atoms with Crippen LogP contribution in [0.25, 0.3) is 53.7 Å². The van der Waals surface area contributed by atoms with E-state index in [0.717, 1.165) is 28.0 Å². The zero-order valence-corrected chi connectivity index (χ0v) is 20.1. The van der Waals surface area contributed by atoms with E-state index in [0.29, 0.717) is 0 Å². The van der Waals surface area contributed by atoms with Crippen LogP contribution in [0.3, 0.4) is 0 Å². The van der Waals surface area contributed by atoms with E-state index in [2.05, 4.69) is 94.4 Å². The molecule has 6 aromatic rings. The summed E-state index contributed by atoms with van der Waals surface area (Å²) in [7, 11) is 0. The van der Waals surface area contributed by atoms with Crippen LogP contribution in [0.15, 0.2) is 83.4 Å². The molecule has 0 atom stereocenters. The van der Waals surface area contributed by atoms with Crippen molar-refractivity contribution in [3.05, 3.63) is 90.1 Å². The predicted octanol–water partition coefficient (Wildman–Crippen LogP) is 9.14. The second kappa shape index (κ2) is 7.29. The molecule has 6 rings (SSSR count). The SMILES string of the molecule is Cc1c(-c2cc3ccnc(-c4cc(C(C)(C)C)c5ccccc5c4)c3o2)sc2ccccc12. The summed E-state index contributed by atoms with van der Waals surface area (Å²) in [6.45, 7) is 8.98. The third kappa shape index (κ3) is 3.27. The minimum Gasteiger partial charge on any atom is -0.453 e. The molecule has 0 N–H and O–H groups in total. The summed E-state index contributed by atoms with van der Waals surface area (Å²) in [5.74, 6) is 0.912. The van der Waals surface area contributed by atoms with Crippen LogP contribution < -0.4 is 0 Å². The first-order valence-electron chi connectivity index (χ1n) is 11.3. The van der Waals surface area contributed by atoms with Gasteiger partial charge in [-0.05, 0) is 70.0 Å². The molecular formula is C30H25NOS. The molecule has 0 radical (unpaired) electrons. The summed E-state index contributed by atoms with van der Waals surface area (Å²) >= 11 is 1.79. The quantitative estimate of drug-likeness (QED) is 0.264. The van der Waals surface area contributed by atoms with Gasteiger partial charge in [0.15, 0.2) is 5.58 Å². The monoisotopic (exact) mass is 447 g/mol. The van der Waals surface area contributed by atoms with Gasteiger partial charge in [0.1, 0.15) is 11.5 Å². The lowest BCUT2D eigenvalue weighted by atomic mass is 9.82. The Morgan fingerprint density at radius 3 is 2.36 bits per heavy atom. The number of nitrogens with zero attached hydrogens (tertiary/aromatic N) is 1. The molecule has 0 spiro atoms. The van der Waals surface area contributed by atoms with Crippen LogP contribution in [0.5, 0.6) is 0 Å². The fraction of sp³-hybridized carbons (Fsp3) is 0.167. The van der Waals surface area contributed by atoms with E-state index in [9.17, 15) is 0 Å². The van der Waals surface area contributed by atoms with Gasteiger partial charge < -0.3 is 4.42 Å². The smallest absolute Gasteiger partial charge is 0.161 e. The molecule has 162 valence electrons. The van der Waals surface area contributed by atoms with Crippen LogP contribution in [0, 0.1) is 6.92 Å². The maximum absolute atomic E-state index is 6.54. The predicted molar refractivity (Wildman–Crippen MR) is 141 cm³/mol. The highest BCUT2D eigenvalue weighted by atomic mass is 32.1. The minimum absolute atomic E-state index is 0.0199. The van der Waals surface area contributed by atoms with Crippen LogP contribution in [0.4, 0.5) is 0 Å². The Hall–Kier alpha value is -3.43. The number of hydrogen-bond donors (Lipinski definition) is 0. The fourth-order valence-electron chi connectivity index (χ4n) is 4.76. The number of aromatic nitrogens is 1. The van der Waals surface area contributed by atoms with Crippen molar-refractivity contribution in [3.8, 4) is 21.9 Å². The Kier molecular flexibility index (Phi) is 4.46. The van der Waals surface area contributed by atoms with Crippen LogP contribution in [-0.4, -0.2) is 4.98 Å². The summed E-state index contributed by atoms with van der Waals surface area (Å²) in [6.07, 6.45) is 1.89. The normalized spacial score (nSPS) is 12.2. The summed E-state index contributed by atoms with van der Waals surface area (Å²) in [5.41, 5.74) is 5.45. The summed E-state index contributed by atoms with van der Waals surface area (Å²) in [6, 6.07) is 25.9. The molecule has 0 unspecified atom stereocenters. The summed E-state index contributed by atoms with van der Waals surface area (Å²) in [5, 5.41) is 4.89. The van der Waals surface area contributed by atoms with Crippen molar-refractivity contribution in [2.75, 3.05) is 0 Å². The van der Waals surface area contributed by atoms with E-state index >= 15 is 0 Å². The average Bonchev–Trinajstić information content (AvgIpc) is 3.39. The Bertz CT molecular complexity index is 1660. The molecule has 3 heteroatoms. The van der Waals surface area contributed by atoms with Gasteiger partial charge in [0.05, 0.1) is 4.88 Å².